The molecule has 4 heteroatoms. The van der Waals surface area contributed by atoms with E-state index < -0.39 is 0 Å². The molecule has 1 aromatic carbocycles. The van der Waals surface area contributed by atoms with Crippen LogP contribution in [-0.4, -0.2) is 17.6 Å². The van der Waals surface area contributed by atoms with Gasteiger partial charge < -0.3 is 16.2 Å². The highest BCUT2D eigenvalue weighted by Crippen LogP contribution is 2.15. The molecule has 0 aromatic heterocycles. The van der Waals surface area contributed by atoms with Gasteiger partial charge in [0.05, 0.1) is 0 Å². The molecular formula is C14H22N2O2. The lowest BCUT2D eigenvalue weighted by Crippen LogP contribution is -2.23. The molecule has 0 aliphatic rings. The first kappa shape index (κ1) is 14.5. The monoisotopic (exact) mass is 250 g/mol. The molecule has 0 fully saturated rings. The molecule has 0 bridgehead atoms. The molecule has 1 unspecified atom stereocenters. The van der Waals surface area contributed by atoms with Crippen LogP contribution < -0.4 is 11.1 Å². The van der Waals surface area contributed by atoms with Gasteiger partial charge in [0.2, 0.25) is 5.91 Å². The summed E-state index contributed by atoms with van der Waals surface area (Å²) in [6.45, 7) is 3.14. The summed E-state index contributed by atoms with van der Waals surface area (Å²) in [5.41, 5.74) is 6.20. The first-order valence-electron chi connectivity index (χ1n) is 6.37. The highest BCUT2D eigenvalue weighted by molar-refractivity contribution is 5.75. The summed E-state index contributed by atoms with van der Waals surface area (Å²) in [6.07, 6.45) is 2.31. The SMILES string of the molecule is CC(CCN)CCC(=O)NCc1ccccc1O. The van der Waals surface area contributed by atoms with E-state index in [0.717, 1.165) is 18.4 Å². The molecule has 0 spiro atoms. The highest BCUT2D eigenvalue weighted by atomic mass is 16.3. The van der Waals surface area contributed by atoms with E-state index >= 15 is 0 Å². The molecule has 4 nitrogen and oxygen atoms in total. The highest BCUT2D eigenvalue weighted by Gasteiger charge is 2.07. The standard InChI is InChI=1S/C14H22N2O2/c1-11(8-9-15)6-7-14(18)16-10-12-4-2-3-5-13(12)17/h2-5,11,17H,6-10,15H2,1H3,(H,16,18). The van der Waals surface area contributed by atoms with Gasteiger partial charge in [0, 0.05) is 18.5 Å². The Hall–Kier alpha value is -1.55. The zero-order valence-corrected chi connectivity index (χ0v) is 10.9. The van der Waals surface area contributed by atoms with Crippen LogP contribution in [0.3, 0.4) is 0 Å². The number of carbonyl (C=O) groups is 1. The molecule has 0 saturated carbocycles. The Bertz CT molecular complexity index is 380. The number of carbonyl (C=O) groups excluding carboxylic acids is 1. The van der Waals surface area contributed by atoms with Gasteiger partial charge in [-0.05, 0) is 31.4 Å². The first-order valence-corrected chi connectivity index (χ1v) is 6.37. The number of para-hydroxylation sites is 1. The minimum atomic E-state index is 0.0159. The Labute approximate surface area is 108 Å². The van der Waals surface area contributed by atoms with Gasteiger partial charge in [-0.2, -0.15) is 0 Å². The van der Waals surface area contributed by atoms with Crippen molar-refractivity contribution in [2.45, 2.75) is 32.7 Å². The molecule has 1 rings (SSSR count). The maximum atomic E-state index is 11.6. The molecule has 0 heterocycles. The number of hydrogen-bond acceptors (Lipinski definition) is 3. The quantitative estimate of drug-likeness (QED) is 0.690. The Morgan fingerprint density at radius 2 is 2.11 bits per heavy atom. The molecule has 0 aliphatic heterocycles. The van der Waals surface area contributed by atoms with Gasteiger partial charge in [-0.15, -0.1) is 0 Å². The third-order valence-corrected chi connectivity index (χ3v) is 2.99. The summed E-state index contributed by atoms with van der Waals surface area (Å²) in [4.78, 5) is 11.6. The Balaban J connectivity index is 2.27. The zero-order chi connectivity index (χ0) is 13.4. The van der Waals surface area contributed by atoms with Gasteiger partial charge in [0.15, 0.2) is 0 Å². The number of nitrogens with one attached hydrogen (secondary N) is 1. The summed E-state index contributed by atoms with van der Waals surface area (Å²) in [5.74, 6) is 0.710. The molecule has 100 valence electrons. The van der Waals surface area contributed by atoms with E-state index in [1.165, 1.54) is 0 Å². The van der Waals surface area contributed by atoms with Gasteiger partial charge >= 0.3 is 0 Å². The Morgan fingerprint density at radius 3 is 2.78 bits per heavy atom. The number of phenolic OH excluding ortho intramolecular Hbond substituents is 1. The van der Waals surface area contributed by atoms with Crippen molar-refractivity contribution in [2.24, 2.45) is 11.7 Å². The van der Waals surface area contributed by atoms with Crippen LogP contribution in [0.5, 0.6) is 5.75 Å². The molecule has 1 atom stereocenters. The average Bonchev–Trinajstić information content (AvgIpc) is 2.36. The van der Waals surface area contributed by atoms with Crippen LogP contribution in [0, 0.1) is 5.92 Å². The molecule has 0 aliphatic carbocycles. The summed E-state index contributed by atoms with van der Waals surface area (Å²) in [7, 11) is 0. The van der Waals surface area contributed by atoms with Gasteiger partial charge in [-0.3, -0.25) is 4.79 Å². The second-order valence-corrected chi connectivity index (χ2v) is 4.63. The van der Waals surface area contributed by atoms with E-state index in [0.29, 0.717) is 25.4 Å². The van der Waals surface area contributed by atoms with Crippen LogP contribution >= 0.6 is 0 Å². The fraction of sp³-hybridized carbons (Fsp3) is 0.500. The number of aromatic hydroxyl groups is 1. The number of rotatable bonds is 7. The average molecular weight is 250 g/mol. The van der Waals surface area contributed by atoms with E-state index in [4.69, 9.17) is 5.73 Å². The van der Waals surface area contributed by atoms with Crippen molar-refractivity contribution in [3.8, 4) is 5.75 Å². The third-order valence-electron chi connectivity index (χ3n) is 2.99. The summed E-state index contributed by atoms with van der Waals surface area (Å²) in [6, 6.07) is 7.01. The van der Waals surface area contributed by atoms with Crippen molar-refractivity contribution < 1.29 is 9.90 Å². The second-order valence-electron chi connectivity index (χ2n) is 4.63. The van der Waals surface area contributed by atoms with Crippen molar-refractivity contribution in [1.29, 1.82) is 0 Å². The van der Waals surface area contributed by atoms with Gasteiger partial charge in [-0.25, -0.2) is 0 Å². The lowest BCUT2D eigenvalue weighted by atomic mass is 10.0. The molecule has 4 N–H and O–H groups in total. The maximum Gasteiger partial charge on any atom is 0.220 e. The molecule has 1 aromatic rings. The number of phenols is 1. The van der Waals surface area contributed by atoms with Gasteiger partial charge in [0.25, 0.3) is 0 Å². The lowest BCUT2D eigenvalue weighted by molar-refractivity contribution is -0.121. The van der Waals surface area contributed by atoms with Crippen molar-refractivity contribution in [2.75, 3.05) is 6.54 Å². The lowest BCUT2D eigenvalue weighted by Gasteiger charge is -2.10. The van der Waals surface area contributed by atoms with Crippen LogP contribution in [0.15, 0.2) is 24.3 Å². The maximum absolute atomic E-state index is 11.6. The summed E-state index contributed by atoms with van der Waals surface area (Å²) >= 11 is 0. The minimum Gasteiger partial charge on any atom is -0.508 e. The van der Waals surface area contributed by atoms with Crippen molar-refractivity contribution in [3.63, 3.8) is 0 Å². The second kappa shape index (κ2) is 7.71. The topological polar surface area (TPSA) is 75.4 Å². The summed E-state index contributed by atoms with van der Waals surface area (Å²) in [5, 5.41) is 12.4. The fourth-order valence-corrected chi connectivity index (χ4v) is 1.75. The van der Waals surface area contributed by atoms with Crippen LogP contribution in [0.25, 0.3) is 0 Å². The fourth-order valence-electron chi connectivity index (χ4n) is 1.75. The van der Waals surface area contributed by atoms with Gasteiger partial charge in [0.1, 0.15) is 5.75 Å². The Morgan fingerprint density at radius 1 is 1.39 bits per heavy atom. The van der Waals surface area contributed by atoms with Crippen molar-refractivity contribution in [1.82, 2.24) is 5.32 Å². The van der Waals surface area contributed by atoms with Crippen LogP contribution in [-0.2, 0) is 11.3 Å². The minimum absolute atomic E-state index is 0.0159. The van der Waals surface area contributed by atoms with E-state index in [-0.39, 0.29) is 11.7 Å². The third kappa shape index (κ3) is 5.19. The molecular weight excluding hydrogens is 228 g/mol. The number of benzene rings is 1. The van der Waals surface area contributed by atoms with E-state index in [1.807, 2.05) is 6.07 Å². The normalized spacial score (nSPS) is 12.1. The first-order chi connectivity index (χ1) is 8.63. The number of hydrogen-bond donors (Lipinski definition) is 3. The smallest absolute Gasteiger partial charge is 0.220 e. The van der Waals surface area contributed by atoms with Crippen LogP contribution in [0.1, 0.15) is 31.7 Å². The predicted octanol–water partition coefficient (Wildman–Crippen LogP) is 1.77. The predicted molar refractivity (Wildman–Crippen MR) is 72.0 cm³/mol. The molecule has 0 saturated heterocycles. The number of nitrogens with two attached hydrogens (primary N) is 1. The Kier molecular flexibility index (Phi) is 6.22. The van der Waals surface area contributed by atoms with Crippen LogP contribution in [0.2, 0.25) is 0 Å². The van der Waals surface area contributed by atoms with Crippen molar-refractivity contribution >= 4 is 5.91 Å². The van der Waals surface area contributed by atoms with Crippen LogP contribution in [0.4, 0.5) is 0 Å². The van der Waals surface area contributed by atoms with Gasteiger partial charge in [-0.1, -0.05) is 25.1 Å². The molecule has 18 heavy (non-hydrogen) atoms. The zero-order valence-electron chi connectivity index (χ0n) is 10.9. The molecule has 0 radical (unpaired) electrons. The summed E-state index contributed by atoms with van der Waals surface area (Å²) < 4.78 is 0. The van der Waals surface area contributed by atoms with Crippen molar-refractivity contribution in [3.05, 3.63) is 29.8 Å². The largest absolute Gasteiger partial charge is 0.508 e. The number of amides is 1. The molecule has 1 amide bonds. The van der Waals surface area contributed by atoms with E-state index in [9.17, 15) is 9.90 Å². The van der Waals surface area contributed by atoms with E-state index in [2.05, 4.69) is 12.2 Å². The van der Waals surface area contributed by atoms with E-state index in [1.54, 1.807) is 18.2 Å².